The summed E-state index contributed by atoms with van der Waals surface area (Å²) < 4.78 is 7.86. The van der Waals surface area contributed by atoms with E-state index in [1.807, 2.05) is 90.4 Å². The number of benzene rings is 3. The lowest BCUT2D eigenvalue weighted by Gasteiger charge is -2.12. The van der Waals surface area contributed by atoms with Crippen molar-refractivity contribution in [3.63, 3.8) is 0 Å². The number of para-hydroxylation sites is 1. The van der Waals surface area contributed by atoms with Crippen LogP contribution in [0, 0.1) is 6.92 Å². The molecule has 0 bridgehead atoms. The fraction of sp³-hybridized carbons (Fsp3) is 0.160. The van der Waals surface area contributed by atoms with Crippen LogP contribution in [0.5, 0.6) is 5.75 Å². The van der Waals surface area contributed by atoms with Crippen molar-refractivity contribution in [2.45, 2.75) is 25.2 Å². The quantitative estimate of drug-likeness (QED) is 0.334. The molecule has 1 N–H and O–H groups in total. The molecule has 8 heteroatoms. The Morgan fingerprint density at radius 2 is 1.76 bits per heavy atom. The van der Waals surface area contributed by atoms with Gasteiger partial charge in [-0.05, 0) is 48.4 Å². The molecule has 33 heavy (non-hydrogen) atoms. The van der Waals surface area contributed by atoms with Gasteiger partial charge in [0.1, 0.15) is 12.4 Å². The number of nitrogens with one attached hydrogen (secondary N) is 1. The normalized spacial score (nSPS) is 10.7. The second kappa shape index (κ2) is 11.0. The third kappa shape index (κ3) is 6.15. The van der Waals surface area contributed by atoms with Crippen LogP contribution in [-0.4, -0.2) is 26.4 Å². The highest BCUT2D eigenvalue weighted by atomic mass is 35.5. The van der Waals surface area contributed by atoms with Gasteiger partial charge in [0.25, 0.3) is 0 Å². The molecule has 4 aromatic rings. The highest BCUT2D eigenvalue weighted by molar-refractivity contribution is 7.99. The summed E-state index contributed by atoms with van der Waals surface area (Å²) in [6.07, 6.45) is 0. The SMILES string of the molecule is Cc1cc(OCc2nnc(SCC(=O)NCc3ccccc3)n2-c2ccccc2)ccc1Cl. The number of carbonyl (C=O) groups is 1. The molecule has 0 aliphatic rings. The molecule has 1 heterocycles. The van der Waals surface area contributed by atoms with Crippen LogP contribution < -0.4 is 10.1 Å². The van der Waals surface area contributed by atoms with Gasteiger partial charge in [-0.3, -0.25) is 9.36 Å². The van der Waals surface area contributed by atoms with Gasteiger partial charge in [0.2, 0.25) is 5.91 Å². The molecule has 3 aromatic carbocycles. The van der Waals surface area contributed by atoms with E-state index in [4.69, 9.17) is 16.3 Å². The summed E-state index contributed by atoms with van der Waals surface area (Å²) in [6, 6.07) is 25.1. The van der Waals surface area contributed by atoms with Gasteiger partial charge in [0, 0.05) is 17.3 Å². The molecule has 0 aliphatic heterocycles. The molecule has 0 aliphatic carbocycles. The van der Waals surface area contributed by atoms with Crippen LogP contribution in [0.4, 0.5) is 0 Å². The Balaban J connectivity index is 1.45. The molecule has 0 spiro atoms. The lowest BCUT2D eigenvalue weighted by molar-refractivity contribution is -0.118. The summed E-state index contributed by atoms with van der Waals surface area (Å²) in [5.41, 5.74) is 2.90. The van der Waals surface area contributed by atoms with Gasteiger partial charge < -0.3 is 10.1 Å². The predicted molar refractivity (Wildman–Crippen MR) is 131 cm³/mol. The van der Waals surface area contributed by atoms with Gasteiger partial charge in [-0.1, -0.05) is 71.9 Å². The fourth-order valence-corrected chi connectivity index (χ4v) is 4.07. The minimum Gasteiger partial charge on any atom is -0.486 e. The predicted octanol–water partition coefficient (Wildman–Crippen LogP) is 5.22. The molecule has 0 atom stereocenters. The number of hydrogen-bond acceptors (Lipinski definition) is 5. The highest BCUT2D eigenvalue weighted by Crippen LogP contribution is 2.25. The molecule has 1 amide bonds. The minimum absolute atomic E-state index is 0.0686. The molecule has 0 unspecified atom stereocenters. The van der Waals surface area contributed by atoms with Crippen molar-refractivity contribution in [3.05, 3.63) is 101 Å². The van der Waals surface area contributed by atoms with Crippen LogP contribution in [0.25, 0.3) is 5.69 Å². The molecular formula is C25H23ClN4O2S. The van der Waals surface area contributed by atoms with Crippen molar-refractivity contribution >= 4 is 29.3 Å². The molecular weight excluding hydrogens is 456 g/mol. The third-order valence-electron chi connectivity index (χ3n) is 4.88. The van der Waals surface area contributed by atoms with Crippen LogP contribution in [0.3, 0.4) is 0 Å². The number of amides is 1. The van der Waals surface area contributed by atoms with Crippen molar-refractivity contribution in [2.24, 2.45) is 0 Å². The molecule has 0 fully saturated rings. The number of nitrogens with zero attached hydrogens (tertiary/aromatic N) is 3. The van der Waals surface area contributed by atoms with E-state index in [-0.39, 0.29) is 18.3 Å². The zero-order valence-corrected chi connectivity index (χ0v) is 19.6. The van der Waals surface area contributed by atoms with E-state index >= 15 is 0 Å². The van der Waals surface area contributed by atoms with E-state index in [2.05, 4.69) is 15.5 Å². The van der Waals surface area contributed by atoms with Gasteiger partial charge >= 0.3 is 0 Å². The first-order chi connectivity index (χ1) is 16.1. The Labute approximate surface area is 202 Å². The van der Waals surface area contributed by atoms with E-state index in [9.17, 15) is 4.79 Å². The van der Waals surface area contributed by atoms with Gasteiger partial charge in [-0.15, -0.1) is 10.2 Å². The topological polar surface area (TPSA) is 69.0 Å². The lowest BCUT2D eigenvalue weighted by Crippen LogP contribution is -2.24. The first-order valence-corrected chi connectivity index (χ1v) is 11.8. The monoisotopic (exact) mass is 478 g/mol. The summed E-state index contributed by atoms with van der Waals surface area (Å²) in [7, 11) is 0. The van der Waals surface area contributed by atoms with Crippen molar-refractivity contribution < 1.29 is 9.53 Å². The smallest absolute Gasteiger partial charge is 0.230 e. The van der Waals surface area contributed by atoms with Crippen molar-refractivity contribution in [3.8, 4) is 11.4 Å². The average molecular weight is 479 g/mol. The van der Waals surface area contributed by atoms with Crippen LogP contribution in [0.2, 0.25) is 5.02 Å². The van der Waals surface area contributed by atoms with Gasteiger partial charge in [-0.25, -0.2) is 0 Å². The Morgan fingerprint density at radius 3 is 2.48 bits per heavy atom. The van der Waals surface area contributed by atoms with Gasteiger partial charge in [0.05, 0.1) is 5.75 Å². The van der Waals surface area contributed by atoms with E-state index in [1.165, 1.54) is 11.8 Å². The van der Waals surface area contributed by atoms with Crippen LogP contribution in [0.1, 0.15) is 17.0 Å². The first kappa shape index (κ1) is 22.9. The molecule has 4 rings (SSSR count). The molecule has 168 valence electrons. The standard InChI is InChI=1S/C25H23ClN4O2S/c1-18-14-21(12-13-22(18)26)32-16-23-28-29-25(30(23)20-10-6-3-7-11-20)33-17-24(31)27-15-19-8-4-2-5-9-19/h2-14H,15-17H2,1H3,(H,27,31). The minimum atomic E-state index is -0.0686. The van der Waals surface area contributed by atoms with Gasteiger partial charge in [-0.2, -0.15) is 0 Å². The molecule has 0 saturated carbocycles. The fourth-order valence-electron chi connectivity index (χ4n) is 3.16. The number of aromatic nitrogens is 3. The second-order valence-corrected chi connectivity index (χ2v) is 8.67. The lowest BCUT2D eigenvalue weighted by atomic mass is 10.2. The number of rotatable bonds is 9. The summed E-state index contributed by atoms with van der Waals surface area (Å²) in [5.74, 6) is 1.51. The van der Waals surface area contributed by atoms with Crippen LogP contribution >= 0.6 is 23.4 Å². The zero-order valence-electron chi connectivity index (χ0n) is 18.1. The molecule has 1 aromatic heterocycles. The van der Waals surface area contributed by atoms with Crippen molar-refractivity contribution in [1.82, 2.24) is 20.1 Å². The van der Waals surface area contributed by atoms with Crippen molar-refractivity contribution in [2.75, 3.05) is 5.75 Å². The number of aryl methyl sites for hydroxylation is 1. The van der Waals surface area contributed by atoms with E-state index in [1.54, 1.807) is 0 Å². The Bertz CT molecular complexity index is 1220. The van der Waals surface area contributed by atoms with Gasteiger partial charge in [0.15, 0.2) is 11.0 Å². The summed E-state index contributed by atoms with van der Waals surface area (Å²) >= 11 is 7.44. The maximum absolute atomic E-state index is 12.4. The van der Waals surface area contributed by atoms with E-state index in [0.717, 1.165) is 16.8 Å². The van der Waals surface area contributed by atoms with E-state index in [0.29, 0.717) is 28.3 Å². The number of carbonyl (C=O) groups excluding carboxylic acids is 1. The van der Waals surface area contributed by atoms with Crippen LogP contribution in [-0.2, 0) is 17.9 Å². The maximum Gasteiger partial charge on any atom is 0.230 e. The largest absolute Gasteiger partial charge is 0.486 e. The number of halogens is 1. The third-order valence-corrected chi connectivity index (χ3v) is 6.23. The Morgan fingerprint density at radius 1 is 1.03 bits per heavy atom. The maximum atomic E-state index is 12.4. The average Bonchev–Trinajstić information content (AvgIpc) is 3.26. The molecule has 0 saturated heterocycles. The summed E-state index contributed by atoms with van der Waals surface area (Å²) in [6.45, 7) is 2.65. The van der Waals surface area contributed by atoms with Crippen LogP contribution in [0.15, 0.2) is 84.0 Å². The number of ether oxygens (including phenoxy) is 1. The summed E-state index contributed by atoms with van der Waals surface area (Å²) in [5, 5.41) is 12.9. The van der Waals surface area contributed by atoms with E-state index < -0.39 is 0 Å². The number of hydrogen-bond donors (Lipinski definition) is 1. The van der Waals surface area contributed by atoms with Crippen molar-refractivity contribution in [1.29, 1.82) is 0 Å². The number of thioether (sulfide) groups is 1. The highest BCUT2D eigenvalue weighted by Gasteiger charge is 2.16. The molecule has 6 nitrogen and oxygen atoms in total. The summed E-state index contributed by atoms with van der Waals surface area (Å²) in [4.78, 5) is 12.4. The first-order valence-electron chi connectivity index (χ1n) is 10.4. The Kier molecular flexibility index (Phi) is 7.65. The molecule has 0 radical (unpaired) electrons. The zero-order chi connectivity index (χ0) is 23.0. The Hall–Kier alpha value is -3.29. The second-order valence-electron chi connectivity index (χ2n) is 7.32.